The Hall–Kier alpha value is -2.61. The van der Waals surface area contributed by atoms with Crippen LogP contribution in [0.4, 0.5) is 0 Å². The average Bonchev–Trinajstić information content (AvgIpc) is 2.46. The quantitative estimate of drug-likeness (QED) is 0.526. The number of carbonyl (C=O) groups excluding carboxylic acids is 2. The van der Waals surface area contributed by atoms with Gasteiger partial charge in [0, 0.05) is 6.42 Å². The molecule has 2 atom stereocenters. The molecule has 0 bridgehead atoms. The van der Waals surface area contributed by atoms with Crippen LogP contribution in [0.5, 0.6) is 5.75 Å². The summed E-state index contributed by atoms with van der Waals surface area (Å²) < 4.78 is 5.08. The molecule has 25 heavy (non-hydrogen) atoms. The Morgan fingerprint density at radius 1 is 1.20 bits per heavy atom. The highest BCUT2D eigenvalue weighted by Gasteiger charge is 2.26. The van der Waals surface area contributed by atoms with Gasteiger partial charge in [0.2, 0.25) is 5.91 Å². The fraction of sp³-hybridized carbons (Fsp3) is 0.471. The maximum atomic E-state index is 12.1. The molecular weight excluding hydrogens is 328 g/mol. The highest BCUT2D eigenvalue weighted by atomic mass is 16.6. The Kier molecular flexibility index (Phi) is 6.93. The van der Waals surface area contributed by atoms with Gasteiger partial charge in [-0.2, -0.15) is 0 Å². The number of rotatable bonds is 7. The SMILES string of the molecule is CC(C)(C)OC(=O)C[C@H](N)C(=O)N[C@@H](Cc1ccc(O)cc1)C(=O)O. The van der Waals surface area contributed by atoms with E-state index < -0.39 is 35.5 Å². The van der Waals surface area contributed by atoms with Gasteiger partial charge in [-0.25, -0.2) is 4.79 Å². The third kappa shape index (κ3) is 7.67. The lowest BCUT2D eigenvalue weighted by molar-refractivity contribution is -0.156. The minimum atomic E-state index is -1.23. The number of hydrogen-bond donors (Lipinski definition) is 4. The second-order valence-corrected chi connectivity index (χ2v) is 6.67. The lowest BCUT2D eigenvalue weighted by Crippen LogP contribution is -2.50. The van der Waals surface area contributed by atoms with Gasteiger partial charge in [0.1, 0.15) is 17.4 Å². The highest BCUT2D eigenvalue weighted by molar-refractivity contribution is 5.89. The lowest BCUT2D eigenvalue weighted by Gasteiger charge is -2.21. The van der Waals surface area contributed by atoms with Crippen LogP contribution in [0.1, 0.15) is 32.8 Å². The normalized spacial score (nSPS) is 13.6. The molecule has 0 aliphatic carbocycles. The number of phenolic OH excluding ortho intramolecular Hbond substituents is 1. The zero-order chi connectivity index (χ0) is 19.2. The van der Waals surface area contributed by atoms with Gasteiger partial charge in [0.05, 0.1) is 12.5 Å². The van der Waals surface area contributed by atoms with Crippen molar-refractivity contribution in [2.75, 3.05) is 0 Å². The van der Waals surface area contributed by atoms with Crippen LogP contribution in [0.15, 0.2) is 24.3 Å². The smallest absolute Gasteiger partial charge is 0.326 e. The molecule has 0 spiro atoms. The Morgan fingerprint density at radius 3 is 2.24 bits per heavy atom. The summed E-state index contributed by atoms with van der Waals surface area (Å²) in [6, 6.07) is 3.53. The number of amides is 1. The average molecular weight is 352 g/mol. The van der Waals surface area contributed by atoms with Crippen molar-refractivity contribution in [1.29, 1.82) is 0 Å². The summed E-state index contributed by atoms with van der Waals surface area (Å²) >= 11 is 0. The second-order valence-electron chi connectivity index (χ2n) is 6.67. The Labute approximate surface area is 146 Å². The predicted molar refractivity (Wildman–Crippen MR) is 89.8 cm³/mol. The summed E-state index contributed by atoms with van der Waals surface area (Å²) in [5.41, 5.74) is 5.58. The van der Waals surface area contributed by atoms with E-state index in [4.69, 9.17) is 10.5 Å². The molecule has 0 aromatic heterocycles. The van der Waals surface area contributed by atoms with Crippen molar-refractivity contribution in [3.63, 3.8) is 0 Å². The molecule has 1 amide bonds. The number of aromatic hydroxyl groups is 1. The van der Waals surface area contributed by atoms with E-state index in [1.165, 1.54) is 12.1 Å². The molecule has 8 heteroatoms. The number of nitrogens with one attached hydrogen (secondary N) is 1. The molecule has 0 unspecified atom stereocenters. The first-order valence-corrected chi connectivity index (χ1v) is 7.76. The molecule has 0 heterocycles. The van der Waals surface area contributed by atoms with Crippen molar-refractivity contribution in [2.24, 2.45) is 5.73 Å². The van der Waals surface area contributed by atoms with Crippen LogP contribution >= 0.6 is 0 Å². The zero-order valence-corrected chi connectivity index (χ0v) is 14.5. The first kappa shape index (κ1) is 20.4. The number of nitrogens with two attached hydrogens (primary N) is 1. The first-order valence-electron chi connectivity index (χ1n) is 7.76. The van der Waals surface area contributed by atoms with E-state index in [0.29, 0.717) is 5.56 Å². The summed E-state index contributed by atoms with van der Waals surface area (Å²) in [4.78, 5) is 35.1. The van der Waals surface area contributed by atoms with E-state index in [1.54, 1.807) is 32.9 Å². The third-order valence-electron chi connectivity index (χ3n) is 3.13. The summed E-state index contributed by atoms with van der Waals surface area (Å²) in [6.07, 6.45) is -0.338. The number of benzene rings is 1. The van der Waals surface area contributed by atoms with Crippen molar-refractivity contribution >= 4 is 17.8 Å². The highest BCUT2D eigenvalue weighted by Crippen LogP contribution is 2.12. The lowest BCUT2D eigenvalue weighted by atomic mass is 10.0. The van der Waals surface area contributed by atoms with Crippen molar-refractivity contribution in [2.45, 2.75) is 51.3 Å². The molecule has 1 aromatic carbocycles. The number of aliphatic carboxylic acids is 1. The van der Waals surface area contributed by atoms with Crippen molar-refractivity contribution in [3.05, 3.63) is 29.8 Å². The van der Waals surface area contributed by atoms with Gasteiger partial charge >= 0.3 is 11.9 Å². The minimum Gasteiger partial charge on any atom is -0.508 e. The third-order valence-corrected chi connectivity index (χ3v) is 3.13. The number of carbonyl (C=O) groups is 3. The summed E-state index contributed by atoms with van der Waals surface area (Å²) in [6.45, 7) is 5.07. The molecule has 1 aromatic rings. The van der Waals surface area contributed by atoms with Gasteiger partial charge < -0.3 is 26.0 Å². The molecule has 1 rings (SSSR count). The fourth-order valence-electron chi connectivity index (χ4n) is 2.00. The zero-order valence-electron chi connectivity index (χ0n) is 14.5. The number of hydrogen-bond acceptors (Lipinski definition) is 6. The van der Waals surface area contributed by atoms with E-state index in [9.17, 15) is 24.6 Å². The first-order chi connectivity index (χ1) is 11.5. The molecule has 0 fully saturated rings. The molecule has 138 valence electrons. The molecule has 0 radical (unpaired) electrons. The Morgan fingerprint density at radius 2 is 1.76 bits per heavy atom. The van der Waals surface area contributed by atoms with Gasteiger partial charge in [-0.05, 0) is 38.5 Å². The molecule has 0 saturated heterocycles. The van der Waals surface area contributed by atoms with Crippen LogP contribution in [0.3, 0.4) is 0 Å². The van der Waals surface area contributed by atoms with E-state index in [0.717, 1.165) is 0 Å². The monoisotopic (exact) mass is 352 g/mol. The topological polar surface area (TPSA) is 139 Å². The standard InChI is InChI=1S/C17H24N2O6/c1-17(2,3)25-14(21)9-12(18)15(22)19-13(16(23)24)8-10-4-6-11(20)7-5-10/h4-7,12-13,20H,8-9,18H2,1-3H3,(H,19,22)(H,23,24)/t12-,13-/m0/s1. The minimum absolute atomic E-state index is 0.0144. The maximum Gasteiger partial charge on any atom is 0.326 e. The number of phenols is 1. The van der Waals surface area contributed by atoms with Crippen LogP contribution < -0.4 is 11.1 Å². The fourth-order valence-corrected chi connectivity index (χ4v) is 2.00. The Balaban J connectivity index is 2.64. The van der Waals surface area contributed by atoms with E-state index >= 15 is 0 Å². The predicted octanol–water partition coefficient (Wildman–Crippen LogP) is 0.563. The van der Waals surface area contributed by atoms with Gasteiger partial charge in [-0.3, -0.25) is 9.59 Å². The molecule has 8 nitrogen and oxygen atoms in total. The van der Waals surface area contributed by atoms with Crippen molar-refractivity contribution in [1.82, 2.24) is 5.32 Å². The number of carboxylic acid groups (broad SMARTS) is 1. The van der Waals surface area contributed by atoms with Gasteiger partial charge in [0.25, 0.3) is 0 Å². The second kappa shape index (κ2) is 8.48. The van der Waals surface area contributed by atoms with E-state index in [2.05, 4.69) is 5.32 Å². The Bertz CT molecular complexity index is 621. The summed E-state index contributed by atoms with van der Waals surface area (Å²) in [5.74, 6) is -2.57. The van der Waals surface area contributed by atoms with Crippen LogP contribution in [0, 0.1) is 0 Å². The van der Waals surface area contributed by atoms with Crippen molar-refractivity contribution in [3.8, 4) is 5.75 Å². The molecule has 0 saturated carbocycles. The van der Waals surface area contributed by atoms with Crippen molar-refractivity contribution < 1.29 is 29.3 Å². The number of esters is 1. The number of carboxylic acids is 1. The molecule has 5 N–H and O–H groups in total. The molecule has 0 aliphatic rings. The van der Waals surface area contributed by atoms with Gasteiger partial charge in [0.15, 0.2) is 0 Å². The van der Waals surface area contributed by atoms with Crippen LogP contribution in [0.25, 0.3) is 0 Å². The van der Waals surface area contributed by atoms with Crippen LogP contribution in [0.2, 0.25) is 0 Å². The van der Waals surface area contributed by atoms with E-state index in [-0.39, 0.29) is 18.6 Å². The molecule has 0 aliphatic heterocycles. The largest absolute Gasteiger partial charge is 0.508 e. The molecular formula is C17H24N2O6. The summed E-state index contributed by atoms with van der Waals surface area (Å²) in [5, 5.41) is 20.8. The maximum absolute atomic E-state index is 12.1. The number of ether oxygens (including phenoxy) is 1. The summed E-state index contributed by atoms with van der Waals surface area (Å²) in [7, 11) is 0. The van der Waals surface area contributed by atoms with Gasteiger partial charge in [-0.15, -0.1) is 0 Å². The van der Waals surface area contributed by atoms with Crippen LogP contribution in [-0.4, -0.2) is 45.7 Å². The van der Waals surface area contributed by atoms with E-state index in [1.807, 2.05) is 0 Å². The van der Waals surface area contributed by atoms with Crippen LogP contribution in [-0.2, 0) is 25.5 Å². The van der Waals surface area contributed by atoms with Gasteiger partial charge in [-0.1, -0.05) is 12.1 Å².